The number of hydrogen-bond donors (Lipinski definition) is 2. The topological polar surface area (TPSA) is 89.0 Å². The normalized spacial score (nSPS) is 12.4. The van der Waals surface area contributed by atoms with Crippen molar-refractivity contribution in [1.82, 2.24) is 0 Å². The SMILES string of the molecule is NC(=NC(=NCc1cccc2sc3cc(-c4cccc5oc6cc(Nc7ccccc7-c7ccccc7)ccc6c45)ccc3c12)c1cccc2oc3ccccc3c12)c1ccccc1. The molecule has 0 aliphatic carbocycles. The minimum Gasteiger partial charge on any atom is -0.456 e. The maximum absolute atomic E-state index is 6.70. The number of nitrogens with one attached hydrogen (secondary N) is 1. The van der Waals surface area contributed by atoms with Crippen molar-refractivity contribution in [3.8, 4) is 22.3 Å². The quantitative estimate of drug-likeness (QED) is 0.118. The molecule has 3 heterocycles. The zero-order chi connectivity index (χ0) is 42.6. The summed E-state index contributed by atoms with van der Waals surface area (Å²) in [6.45, 7) is 0.410. The Balaban J connectivity index is 0.916. The highest BCUT2D eigenvalue weighted by molar-refractivity contribution is 7.25. The number of rotatable bonds is 8. The van der Waals surface area contributed by atoms with Crippen LogP contribution in [0.1, 0.15) is 16.7 Å². The second-order valence-corrected chi connectivity index (χ2v) is 17.0. The van der Waals surface area contributed by atoms with E-state index < -0.39 is 0 Å². The maximum atomic E-state index is 6.70. The van der Waals surface area contributed by atoms with E-state index in [1.54, 1.807) is 11.3 Å². The highest BCUT2D eigenvalue weighted by atomic mass is 32.1. The molecule has 3 aromatic heterocycles. The molecule has 0 amide bonds. The van der Waals surface area contributed by atoms with E-state index in [1.807, 2.05) is 66.7 Å². The molecule has 6 nitrogen and oxygen atoms in total. The van der Waals surface area contributed by atoms with Crippen LogP contribution in [0.4, 0.5) is 11.4 Å². The molecule has 0 spiro atoms. The van der Waals surface area contributed by atoms with Crippen LogP contribution in [0.25, 0.3) is 86.3 Å². The summed E-state index contributed by atoms with van der Waals surface area (Å²) in [6.07, 6.45) is 0. The molecule has 0 unspecified atom stereocenters. The van der Waals surface area contributed by atoms with Crippen molar-refractivity contribution in [2.75, 3.05) is 5.32 Å². The van der Waals surface area contributed by atoms with Gasteiger partial charge in [0.05, 0.1) is 6.54 Å². The summed E-state index contributed by atoms with van der Waals surface area (Å²) in [6, 6.07) is 68.9. The minimum atomic E-state index is 0.401. The molecule has 0 aliphatic heterocycles. The number of aliphatic imine (C=N–C) groups is 2. The van der Waals surface area contributed by atoms with E-state index in [2.05, 4.69) is 139 Å². The molecule has 0 saturated carbocycles. The number of hydrogen-bond acceptors (Lipinski definition) is 5. The van der Waals surface area contributed by atoms with E-state index in [9.17, 15) is 0 Å². The molecular formula is C57H38N4O2S. The molecule has 0 radical (unpaired) electrons. The van der Waals surface area contributed by atoms with Crippen molar-refractivity contribution >= 4 is 98.4 Å². The van der Waals surface area contributed by atoms with Gasteiger partial charge in [-0.05, 0) is 70.8 Å². The van der Waals surface area contributed by atoms with Gasteiger partial charge in [0.1, 0.15) is 28.2 Å². The lowest BCUT2D eigenvalue weighted by atomic mass is 9.97. The third kappa shape index (κ3) is 6.58. The van der Waals surface area contributed by atoms with Gasteiger partial charge in [0, 0.05) is 75.8 Å². The van der Waals surface area contributed by atoms with Gasteiger partial charge in [-0.15, -0.1) is 11.3 Å². The van der Waals surface area contributed by atoms with E-state index in [1.165, 1.54) is 20.2 Å². The third-order valence-corrected chi connectivity index (χ3v) is 13.1. The van der Waals surface area contributed by atoms with E-state index in [0.717, 1.165) is 94.2 Å². The number of amidine groups is 2. The van der Waals surface area contributed by atoms with Gasteiger partial charge in [-0.1, -0.05) is 146 Å². The molecule has 3 N–H and O–H groups in total. The minimum absolute atomic E-state index is 0.401. The van der Waals surface area contributed by atoms with Gasteiger partial charge in [0.15, 0.2) is 5.84 Å². The largest absolute Gasteiger partial charge is 0.456 e. The Morgan fingerprint density at radius 1 is 0.500 bits per heavy atom. The zero-order valence-electron chi connectivity index (χ0n) is 34.5. The Morgan fingerprint density at radius 2 is 1.19 bits per heavy atom. The summed E-state index contributed by atoms with van der Waals surface area (Å²) in [7, 11) is 0. The first-order valence-electron chi connectivity index (χ1n) is 21.3. The lowest BCUT2D eigenvalue weighted by Gasteiger charge is -2.12. The fraction of sp³-hybridized carbons (Fsp3) is 0.0175. The molecular weight excluding hydrogens is 805 g/mol. The Hall–Kier alpha value is -8.26. The Kier molecular flexibility index (Phi) is 9.13. The summed E-state index contributed by atoms with van der Waals surface area (Å²) in [5, 5.41) is 10.2. The molecule has 0 bridgehead atoms. The second kappa shape index (κ2) is 15.6. The van der Waals surface area contributed by atoms with E-state index >= 15 is 0 Å². The predicted octanol–water partition coefficient (Wildman–Crippen LogP) is 15.3. The molecule has 9 aromatic carbocycles. The van der Waals surface area contributed by atoms with Crippen LogP contribution >= 0.6 is 11.3 Å². The van der Waals surface area contributed by atoms with Gasteiger partial charge in [0.2, 0.25) is 0 Å². The Morgan fingerprint density at radius 3 is 2.08 bits per heavy atom. The van der Waals surface area contributed by atoms with Crippen LogP contribution in [0, 0.1) is 0 Å². The van der Waals surface area contributed by atoms with E-state index in [-0.39, 0.29) is 0 Å². The fourth-order valence-corrected chi connectivity index (χ4v) is 10.2. The van der Waals surface area contributed by atoms with E-state index in [0.29, 0.717) is 18.2 Å². The molecule has 304 valence electrons. The van der Waals surface area contributed by atoms with Crippen LogP contribution in [0.3, 0.4) is 0 Å². The van der Waals surface area contributed by atoms with Crippen molar-refractivity contribution in [3.05, 3.63) is 217 Å². The van der Waals surface area contributed by atoms with Crippen LogP contribution in [0.15, 0.2) is 219 Å². The second-order valence-electron chi connectivity index (χ2n) is 15.9. The summed E-state index contributed by atoms with van der Waals surface area (Å²) >= 11 is 1.80. The predicted molar refractivity (Wildman–Crippen MR) is 268 cm³/mol. The molecule has 0 fully saturated rings. The average molecular weight is 843 g/mol. The number of anilines is 2. The molecule has 0 saturated heterocycles. The summed E-state index contributed by atoms with van der Waals surface area (Å²) in [5.41, 5.74) is 19.4. The van der Waals surface area contributed by atoms with Gasteiger partial charge in [-0.25, -0.2) is 4.99 Å². The summed E-state index contributed by atoms with van der Waals surface area (Å²) in [5.74, 6) is 0.954. The van der Waals surface area contributed by atoms with Gasteiger partial charge >= 0.3 is 0 Å². The average Bonchev–Trinajstić information content (AvgIpc) is 4.04. The highest BCUT2D eigenvalue weighted by Crippen LogP contribution is 2.43. The van der Waals surface area contributed by atoms with Gasteiger partial charge in [-0.2, -0.15) is 0 Å². The number of benzene rings is 9. The smallest absolute Gasteiger partial charge is 0.158 e. The van der Waals surface area contributed by atoms with Crippen LogP contribution in [0.5, 0.6) is 0 Å². The van der Waals surface area contributed by atoms with Crippen molar-refractivity contribution < 1.29 is 8.83 Å². The van der Waals surface area contributed by atoms with Gasteiger partial charge in [-0.3, -0.25) is 4.99 Å². The first-order chi connectivity index (χ1) is 31.6. The Bertz CT molecular complexity index is 3800. The lowest BCUT2D eigenvalue weighted by Crippen LogP contribution is -2.16. The molecule has 64 heavy (non-hydrogen) atoms. The Labute approximate surface area is 372 Å². The number of thiophene rings is 1. The van der Waals surface area contributed by atoms with Crippen LogP contribution in [0.2, 0.25) is 0 Å². The molecule has 0 aliphatic rings. The fourth-order valence-electron chi connectivity index (χ4n) is 9.05. The van der Waals surface area contributed by atoms with Crippen LogP contribution in [-0.4, -0.2) is 11.7 Å². The van der Waals surface area contributed by atoms with Crippen LogP contribution < -0.4 is 11.1 Å². The van der Waals surface area contributed by atoms with Gasteiger partial charge < -0.3 is 19.9 Å². The lowest BCUT2D eigenvalue weighted by molar-refractivity contribution is 0.668. The van der Waals surface area contributed by atoms with Crippen molar-refractivity contribution in [3.63, 3.8) is 0 Å². The highest BCUT2D eigenvalue weighted by Gasteiger charge is 2.18. The summed E-state index contributed by atoms with van der Waals surface area (Å²) < 4.78 is 15.2. The summed E-state index contributed by atoms with van der Waals surface area (Å²) in [4.78, 5) is 10.3. The maximum Gasteiger partial charge on any atom is 0.158 e. The number of nitrogens with two attached hydrogens (primary N) is 1. The van der Waals surface area contributed by atoms with Crippen molar-refractivity contribution in [1.29, 1.82) is 0 Å². The van der Waals surface area contributed by atoms with E-state index in [4.69, 9.17) is 24.6 Å². The first kappa shape index (κ1) is 37.5. The number of furan rings is 2. The molecule has 12 aromatic rings. The number of nitrogens with zero attached hydrogens (tertiary/aromatic N) is 2. The molecule has 7 heteroatoms. The zero-order valence-corrected chi connectivity index (χ0v) is 35.3. The number of para-hydroxylation sites is 2. The van der Waals surface area contributed by atoms with Crippen molar-refractivity contribution in [2.24, 2.45) is 15.7 Å². The molecule has 12 rings (SSSR count). The van der Waals surface area contributed by atoms with Gasteiger partial charge in [0.25, 0.3) is 0 Å². The standard InChI is InChI=1S/C57H38N4O2S/c58-56(36-16-5-2-6-17-36)61-57(45-22-13-26-49-55(45)42-20-8-10-24-47(42)62-49)59-34-38-18-11-27-51-53(38)44-30-28-37(32-52(44)64-51)41-21-12-25-48-54(41)43-31-29-39(33-50(43)63-48)60-46-23-9-7-19-40(46)35-14-3-1-4-15-35/h1-33,60H,34H2,(H2,58,59,61). The molecule has 0 atom stereocenters. The van der Waals surface area contributed by atoms with Crippen molar-refractivity contribution in [2.45, 2.75) is 6.54 Å². The monoisotopic (exact) mass is 842 g/mol. The van der Waals surface area contributed by atoms with Crippen LogP contribution in [-0.2, 0) is 6.54 Å². The first-order valence-corrected chi connectivity index (χ1v) is 22.1. The third-order valence-electron chi connectivity index (χ3n) is 12.0. The number of fused-ring (bicyclic) bond motifs is 9.